The molecule has 0 bridgehead atoms. The number of benzene rings is 1. The number of Topliss-reactive ketones (excluding diaryl/α,β-unsaturated/α-hetero) is 1. The monoisotopic (exact) mass is 147 g/mol. The molecule has 0 heterocycles. The fraction of sp³-hybridized carbons (Fsp3) is 0.200. The van der Waals surface area contributed by atoms with E-state index in [1.807, 2.05) is 31.2 Å². The third-order valence-corrected chi connectivity index (χ3v) is 1.52. The highest BCUT2D eigenvalue weighted by Gasteiger charge is 1.95. The van der Waals surface area contributed by atoms with Crippen molar-refractivity contribution in [2.24, 2.45) is 0 Å². The lowest BCUT2D eigenvalue weighted by molar-refractivity contribution is -0.114. The van der Waals surface area contributed by atoms with Gasteiger partial charge in [0.2, 0.25) is 0 Å². The van der Waals surface area contributed by atoms with E-state index in [-0.39, 0.29) is 5.78 Å². The number of rotatable bonds is 2. The summed E-state index contributed by atoms with van der Waals surface area (Å²) in [5, 5.41) is 0. The molecular weight excluding hydrogens is 136 g/mol. The normalized spacial score (nSPS) is 9.64. The van der Waals surface area contributed by atoms with Gasteiger partial charge in [0.1, 0.15) is 5.78 Å². The number of hydrogen-bond acceptors (Lipinski definition) is 1. The van der Waals surface area contributed by atoms with E-state index >= 15 is 0 Å². The maximum absolute atomic E-state index is 10.6. The molecule has 0 spiro atoms. The lowest BCUT2D eigenvalue weighted by Gasteiger charge is -1.96. The van der Waals surface area contributed by atoms with Crippen molar-refractivity contribution >= 4 is 5.78 Å². The van der Waals surface area contributed by atoms with Crippen molar-refractivity contribution in [2.75, 3.05) is 0 Å². The Bertz CT molecular complexity index is 246. The molecule has 11 heavy (non-hydrogen) atoms. The van der Waals surface area contributed by atoms with Gasteiger partial charge in [-0.25, -0.2) is 0 Å². The van der Waals surface area contributed by atoms with Crippen molar-refractivity contribution in [3.05, 3.63) is 42.3 Å². The Labute approximate surface area is 67.1 Å². The minimum absolute atomic E-state index is 0.0335. The Morgan fingerprint density at radius 1 is 1.36 bits per heavy atom. The standard InChI is InChI=1S/C10H11O/c1-8-3-5-10(6-4-8)7-9(2)11/h3-6H,2,7H2,1H3. The lowest BCUT2D eigenvalue weighted by Crippen LogP contribution is -1.95. The van der Waals surface area contributed by atoms with Crippen LogP contribution in [0.25, 0.3) is 0 Å². The maximum atomic E-state index is 10.6. The van der Waals surface area contributed by atoms with Crippen molar-refractivity contribution in [1.82, 2.24) is 0 Å². The zero-order valence-electron chi connectivity index (χ0n) is 6.63. The molecule has 0 saturated heterocycles. The van der Waals surface area contributed by atoms with E-state index in [0.29, 0.717) is 6.42 Å². The average Bonchev–Trinajstić information content (AvgIpc) is 1.93. The molecule has 0 aliphatic rings. The Balaban J connectivity index is 2.74. The topological polar surface area (TPSA) is 17.1 Å². The maximum Gasteiger partial charge on any atom is 0.137 e. The predicted octanol–water partition coefficient (Wildman–Crippen LogP) is 1.94. The van der Waals surface area contributed by atoms with Crippen LogP contribution < -0.4 is 0 Å². The summed E-state index contributed by atoms with van der Waals surface area (Å²) in [5.74, 6) is -0.0335. The third-order valence-electron chi connectivity index (χ3n) is 1.52. The molecule has 1 aromatic carbocycles. The van der Waals surface area contributed by atoms with Crippen LogP contribution in [-0.4, -0.2) is 5.78 Å². The highest BCUT2D eigenvalue weighted by atomic mass is 16.1. The first kappa shape index (κ1) is 7.99. The molecule has 0 atom stereocenters. The van der Waals surface area contributed by atoms with E-state index in [2.05, 4.69) is 6.92 Å². The van der Waals surface area contributed by atoms with Crippen LogP contribution in [0.4, 0.5) is 0 Å². The van der Waals surface area contributed by atoms with Crippen LogP contribution in [0.1, 0.15) is 11.1 Å². The number of hydrogen-bond donors (Lipinski definition) is 0. The summed E-state index contributed by atoms with van der Waals surface area (Å²) in [4.78, 5) is 10.6. The summed E-state index contributed by atoms with van der Waals surface area (Å²) in [6, 6.07) is 7.91. The van der Waals surface area contributed by atoms with Crippen LogP contribution >= 0.6 is 0 Å². The van der Waals surface area contributed by atoms with Crippen LogP contribution in [0, 0.1) is 13.8 Å². The second kappa shape index (κ2) is 3.33. The zero-order valence-corrected chi connectivity index (χ0v) is 6.63. The molecule has 0 saturated carbocycles. The van der Waals surface area contributed by atoms with Crippen molar-refractivity contribution in [2.45, 2.75) is 13.3 Å². The summed E-state index contributed by atoms with van der Waals surface area (Å²) in [7, 11) is 0. The summed E-state index contributed by atoms with van der Waals surface area (Å²) < 4.78 is 0. The van der Waals surface area contributed by atoms with Crippen molar-refractivity contribution < 1.29 is 4.79 Å². The van der Waals surface area contributed by atoms with Gasteiger partial charge in [-0.05, 0) is 12.5 Å². The van der Waals surface area contributed by atoms with E-state index in [1.54, 1.807) is 0 Å². The summed E-state index contributed by atoms with van der Waals surface area (Å²) in [6.45, 7) is 5.34. The summed E-state index contributed by atoms with van der Waals surface area (Å²) in [6.07, 6.45) is 0.445. The van der Waals surface area contributed by atoms with Crippen molar-refractivity contribution in [3.63, 3.8) is 0 Å². The number of carbonyl (C=O) groups excluding carboxylic acids is 1. The Morgan fingerprint density at radius 3 is 2.36 bits per heavy atom. The summed E-state index contributed by atoms with van der Waals surface area (Å²) >= 11 is 0. The fourth-order valence-corrected chi connectivity index (χ4v) is 0.934. The molecule has 0 N–H and O–H groups in total. The van der Waals surface area contributed by atoms with E-state index in [4.69, 9.17) is 0 Å². The fourth-order valence-electron chi connectivity index (χ4n) is 0.934. The second-order valence-corrected chi connectivity index (χ2v) is 2.70. The first-order valence-corrected chi connectivity index (χ1v) is 3.59. The predicted molar refractivity (Wildman–Crippen MR) is 45.2 cm³/mol. The minimum atomic E-state index is -0.0335. The van der Waals surface area contributed by atoms with Gasteiger partial charge in [-0.1, -0.05) is 29.8 Å². The van der Waals surface area contributed by atoms with Crippen molar-refractivity contribution in [1.29, 1.82) is 0 Å². The molecule has 0 amide bonds. The molecule has 57 valence electrons. The Kier molecular flexibility index (Phi) is 2.42. The first-order valence-electron chi connectivity index (χ1n) is 3.59. The Morgan fingerprint density at radius 2 is 1.91 bits per heavy atom. The Hall–Kier alpha value is -1.11. The van der Waals surface area contributed by atoms with Gasteiger partial charge in [-0.15, -0.1) is 0 Å². The van der Waals surface area contributed by atoms with Gasteiger partial charge in [0.25, 0.3) is 0 Å². The zero-order chi connectivity index (χ0) is 8.27. The van der Waals surface area contributed by atoms with Crippen LogP contribution in [0.3, 0.4) is 0 Å². The first-order chi connectivity index (χ1) is 5.18. The van der Waals surface area contributed by atoms with Gasteiger partial charge >= 0.3 is 0 Å². The number of aryl methyl sites for hydroxylation is 1. The van der Waals surface area contributed by atoms with Gasteiger partial charge in [-0.3, -0.25) is 4.79 Å². The second-order valence-electron chi connectivity index (χ2n) is 2.70. The highest BCUT2D eigenvalue weighted by molar-refractivity contribution is 5.84. The SMILES string of the molecule is [CH2]C(=O)Cc1ccc(C)cc1. The van der Waals surface area contributed by atoms with Crippen molar-refractivity contribution in [3.8, 4) is 0 Å². The molecule has 1 heteroatoms. The van der Waals surface area contributed by atoms with Crippen LogP contribution in [0.2, 0.25) is 0 Å². The molecular formula is C10H11O. The minimum Gasteiger partial charge on any atom is -0.299 e. The van der Waals surface area contributed by atoms with Gasteiger partial charge in [0.05, 0.1) is 0 Å². The number of carbonyl (C=O) groups is 1. The molecule has 0 unspecified atom stereocenters. The molecule has 0 fully saturated rings. The largest absolute Gasteiger partial charge is 0.299 e. The van der Waals surface area contributed by atoms with Crippen LogP contribution in [0.15, 0.2) is 24.3 Å². The molecule has 0 aliphatic heterocycles. The highest BCUT2D eigenvalue weighted by Crippen LogP contribution is 2.03. The van der Waals surface area contributed by atoms with E-state index in [9.17, 15) is 4.79 Å². The summed E-state index contributed by atoms with van der Waals surface area (Å²) in [5.41, 5.74) is 2.25. The molecule has 0 aliphatic carbocycles. The van der Waals surface area contributed by atoms with Gasteiger partial charge in [-0.2, -0.15) is 0 Å². The van der Waals surface area contributed by atoms with E-state index in [0.717, 1.165) is 5.56 Å². The molecule has 1 radical (unpaired) electrons. The molecule has 1 nitrogen and oxygen atoms in total. The number of ketones is 1. The van der Waals surface area contributed by atoms with Gasteiger partial charge in [0, 0.05) is 13.3 Å². The molecule has 0 aromatic heterocycles. The average molecular weight is 147 g/mol. The van der Waals surface area contributed by atoms with E-state index < -0.39 is 0 Å². The van der Waals surface area contributed by atoms with E-state index in [1.165, 1.54) is 5.56 Å². The van der Waals surface area contributed by atoms with Gasteiger partial charge in [0.15, 0.2) is 0 Å². The quantitative estimate of drug-likeness (QED) is 0.624. The molecule has 1 rings (SSSR count). The third kappa shape index (κ3) is 2.54. The lowest BCUT2D eigenvalue weighted by atomic mass is 10.1. The smallest absolute Gasteiger partial charge is 0.137 e. The molecule has 1 aromatic rings. The van der Waals surface area contributed by atoms with Crippen LogP contribution in [-0.2, 0) is 11.2 Å². The van der Waals surface area contributed by atoms with Gasteiger partial charge < -0.3 is 0 Å². The van der Waals surface area contributed by atoms with Crippen LogP contribution in [0.5, 0.6) is 0 Å².